The van der Waals surface area contributed by atoms with Crippen molar-refractivity contribution in [2.24, 2.45) is 0 Å². The van der Waals surface area contributed by atoms with Gasteiger partial charge in [0, 0.05) is 0 Å². The molecule has 0 radical (unpaired) electrons. The van der Waals surface area contributed by atoms with Crippen molar-refractivity contribution in [1.82, 2.24) is 5.32 Å². The van der Waals surface area contributed by atoms with Gasteiger partial charge in [0.2, 0.25) is 5.84 Å². The molecule has 1 aliphatic heterocycles. The van der Waals surface area contributed by atoms with E-state index in [0.29, 0.717) is 19.5 Å². The minimum Gasteiger partial charge on any atom is -1.00 e. The first-order valence-corrected chi connectivity index (χ1v) is 4.99. The molecule has 0 aliphatic carbocycles. The summed E-state index contributed by atoms with van der Waals surface area (Å²) in [6.45, 7) is 4.75. The molecule has 0 spiro atoms. The van der Waals surface area contributed by atoms with E-state index < -0.39 is 5.97 Å². The van der Waals surface area contributed by atoms with Gasteiger partial charge in [-0.3, -0.25) is 14.7 Å². The van der Waals surface area contributed by atoms with Crippen molar-refractivity contribution in [3.63, 3.8) is 0 Å². The number of aliphatic carboxylic acids is 1. The van der Waals surface area contributed by atoms with E-state index in [-0.39, 0.29) is 55.5 Å². The van der Waals surface area contributed by atoms with Gasteiger partial charge in [0.05, 0.1) is 19.4 Å². The Kier molecular flexibility index (Phi) is 10.7. The van der Waals surface area contributed by atoms with Crippen LogP contribution in [0.3, 0.4) is 0 Å². The van der Waals surface area contributed by atoms with Crippen LogP contribution in [0.25, 0.3) is 0 Å². The van der Waals surface area contributed by atoms with Gasteiger partial charge in [0.15, 0.2) is 0 Å². The van der Waals surface area contributed by atoms with E-state index in [9.17, 15) is 4.79 Å². The zero-order valence-electron chi connectivity index (χ0n) is 11.1. The third-order valence-corrected chi connectivity index (χ3v) is 2.42. The van der Waals surface area contributed by atoms with Crippen molar-refractivity contribution >= 4 is 11.8 Å². The minimum absolute atomic E-state index is 0. The summed E-state index contributed by atoms with van der Waals surface area (Å²) in [5, 5.41) is 20.8. The molecule has 0 saturated heterocycles. The van der Waals surface area contributed by atoms with Gasteiger partial charge in [0.25, 0.3) is 0 Å². The monoisotopic (exact) mass is 254 g/mol. The summed E-state index contributed by atoms with van der Waals surface area (Å²) in [5.74, 6) is 0.134. The number of nitrogens with one attached hydrogen (secondary N) is 1. The Morgan fingerprint density at radius 1 is 1.71 bits per heavy atom. The van der Waals surface area contributed by atoms with Gasteiger partial charge in [-0.15, -0.1) is 6.58 Å². The number of amidine groups is 1. The first-order valence-electron chi connectivity index (χ1n) is 4.99. The van der Waals surface area contributed by atoms with Gasteiger partial charge >= 0.3 is 35.5 Å². The number of aliphatic hydroxyl groups excluding tert-OH is 1. The number of rotatable bonds is 6. The Bertz CT molecular complexity index is 300. The molecule has 0 aromatic carbocycles. The number of β-amino-alcohol motifs (C(OH)–C–C–N with tert-alkyl or cyclic N) is 1. The molecule has 1 rings (SSSR count). The summed E-state index contributed by atoms with van der Waals surface area (Å²) in [6, 6.07) is -0.0652. The number of carboxylic acid groups (broad SMARTS) is 1. The number of hydrogen-bond donors (Lipinski definition) is 3. The molecule has 0 saturated carbocycles. The maximum atomic E-state index is 10.6. The standard InChI is InChI=1S/C10H16N2O3.Na.H2O.H/c1-2-3-9-11-7-8(6-10(14)15)12(9)4-5-13;;;/h2,8,13H,1,3-7H2,(H,14,15);;1H2;/q;+1;;-1. The van der Waals surface area contributed by atoms with Crippen LogP contribution >= 0.6 is 0 Å². The van der Waals surface area contributed by atoms with Crippen molar-refractivity contribution in [3.8, 4) is 0 Å². The van der Waals surface area contributed by atoms with Crippen LogP contribution in [0.15, 0.2) is 12.7 Å². The van der Waals surface area contributed by atoms with Crippen molar-refractivity contribution in [2.45, 2.75) is 18.9 Å². The van der Waals surface area contributed by atoms with Crippen LogP contribution in [0.4, 0.5) is 0 Å². The van der Waals surface area contributed by atoms with E-state index in [0.717, 1.165) is 5.84 Å². The molecule has 0 fully saturated rings. The molecule has 0 aromatic heterocycles. The third-order valence-electron chi connectivity index (χ3n) is 2.42. The quantitative estimate of drug-likeness (QED) is 0.258. The molecular formula is C10H19N2NaO4. The van der Waals surface area contributed by atoms with E-state index in [2.05, 4.69) is 11.9 Å². The summed E-state index contributed by atoms with van der Waals surface area (Å²) in [5.41, 5.74) is 0. The maximum absolute atomic E-state index is 10.6. The largest absolute Gasteiger partial charge is 1.00 e. The molecule has 1 unspecified atom stereocenters. The van der Waals surface area contributed by atoms with Crippen molar-refractivity contribution in [3.05, 3.63) is 12.7 Å². The zero-order valence-corrected chi connectivity index (χ0v) is 12.1. The predicted molar refractivity (Wildman–Crippen MR) is 59.1 cm³/mol. The van der Waals surface area contributed by atoms with Gasteiger partial charge < -0.3 is 17.1 Å². The second-order valence-corrected chi connectivity index (χ2v) is 3.49. The van der Waals surface area contributed by atoms with Crippen LogP contribution in [-0.2, 0) is 4.79 Å². The Morgan fingerprint density at radius 3 is 2.82 bits per heavy atom. The molecule has 17 heavy (non-hydrogen) atoms. The summed E-state index contributed by atoms with van der Waals surface area (Å²) in [6.07, 6.45) is 2.53. The summed E-state index contributed by atoms with van der Waals surface area (Å²) in [4.78, 5) is 10.6. The molecule has 94 valence electrons. The van der Waals surface area contributed by atoms with E-state index in [4.69, 9.17) is 10.2 Å². The van der Waals surface area contributed by atoms with Crippen LogP contribution in [-0.4, -0.2) is 57.8 Å². The van der Waals surface area contributed by atoms with Crippen LogP contribution < -0.4 is 34.9 Å². The molecular weight excluding hydrogens is 235 g/mol. The first-order chi connectivity index (χ1) is 7.19. The van der Waals surface area contributed by atoms with Gasteiger partial charge in [-0.2, -0.15) is 0 Å². The second-order valence-electron chi connectivity index (χ2n) is 3.49. The molecule has 1 aliphatic rings. The average molecular weight is 254 g/mol. The Hall–Kier alpha value is -0.400. The number of carbonyl (C=O) groups is 1. The Labute approximate surface area is 124 Å². The molecule has 0 amide bonds. The topological polar surface area (TPSA) is 103 Å². The molecule has 4 N–H and O–H groups in total. The Balaban J connectivity index is -0.000000750. The van der Waals surface area contributed by atoms with Crippen molar-refractivity contribution < 1.29 is 56.0 Å². The molecule has 0 bridgehead atoms. The normalized spacial score (nSPS) is 17.8. The van der Waals surface area contributed by atoms with Crippen molar-refractivity contribution in [2.75, 3.05) is 19.7 Å². The van der Waals surface area contributed by atoms with Crippen LogP contribution in [0.2, 0.25) is 0 Å². The summed E-state index contributed by atoms with van der Waals surface area (Å²) < 4.78 is 1.91. The first kappa shape index (κ1) is 19.0. The summed E-state index contributed by atoms with van der Waals surface area (Å²) in [7, 11) is 0. The van der Waals surface area contributed by atoms with Gasteiger partial charge in [-0.25, -0.2) is 0 Å². The smallest absolute Gasteiger partial charge is 1.00 e. The minimum atomic E-state index is -0.815. The van der Waals surface area contributed by atoms with E-state index in [1.54, 1.807) is 6.08 Å². The molecule has 7 heteroatoms. The second kappa shape index (κ2) is 9.61. The van der Waals surface area contributed by atoms with Gasteiger partial charge in [-0.1, -0.05) is 6.08 Å². The molecule has 6 nitrogen and oxygen atoms in total. The molecule has 1 atom stereocenters. The predicted octanol–water partition coefficient (Wildman–Crippen LogP) is -3.65. The molecule has 1 heterocycles. The van der Waals surface area contributed by atoms with Gasteiger partial charge in [0.1, 0.15) is 19.1 Å². The van der Waals surface area contributed by atoms with Crippen LogP contribution in [0.1, 0.15) is 14.3 Å². The van der Waals surface area contributed by atoms with Crippen LogP contribution in [0.5, 0.6) is 0 Å². The fraction of sp³-hybridized carbons (Fsp3) is 0.600. The van der Waals surface area contributed by atoms with E-state index in [1.807, 2.05) is 4.58 Å². The van der Waals surface area contributed by atoms with E-state index >= 15 is 0 Å². The van der Waals surface area contributed by atoms with E-state index in [1.165, 1.54) is 0 Å². The maximum Gasteiger partial charge on any atom is 1.00 e. The van der Waals surface area contributed by atoms with Crippen molar-refractivity contribution in [1.29, 1.82) is 0 Å². The fourth-order valence-corrected chi connectivity index (χ4v) is 1.80. The number of nitrogens with zero attached hydrogens (tertiary/aromatic N) is 1. The van der Waals surface area contributed by atoms with Gasteiger partial charge in [-0.05, 0) is 0 Å². The average Bonchev–Trinajstić information content (AvgIpc) is 2.51. The zero-order chi connectivity index (χ0) is 11.3. The van der Waals surface area contributed by atoms with Crippen LogP contribution in [0, 0.1) is 0 Å². The molecule has 0 aromatic rings. The number of hydrogen-bond acceptors (Lipinski definition) is 4. The summed E-state index contributed by atoms with van der Waals surface area (Å²) >= 11 is 0. The number of aliphatic hydroxyl groups is 1. The number of carboxylic acids is 1. The Morgan fingerprint density at radius 2 is 2.35 bits per heavy atom. The fourth-order valence-electron chi connectivity index (χ4n) is 1.80. The SMILES string of the molecule is C=CCC1=[N+](CCO)C(CC(=O)O)CN1.[H-].[Na+].[OH-]. The third kappa shape index (κ3) is 5.65.